The minimum absolute atomic E-state index is 0.0826. The Morgan fingerprint density at radius 3 is 2.66 bits per heavy atom. The molecule has 4 aromatic rings. The fraction of sp³-hybridized carbons (Fsp3) is 0.318. The molecule has 10 nitrogen and oxygen atoms in total. The Bertz CT molecular complexity index is 1320. The molecule has 0 radical (unpaired) electrons. The predicted molar refractivity (Wildman–Crippen MR) is 115 cm³/mol. The first kappa shape index (κ1) is 20.1. The third-order valence-electron chi connectivity index (χ3n) is 5.86. The lowest BCUT2D eigenvalue weighted by Crippen LogP contribution is -2.49. The molecular formula is C22H22N6O4. The summed E-state index contributed by atoms with van der Waals surface area (Å²) in [5.41, 5.74) is 0.970. The predicted octanol–water partition coefficient (Wildman–Crippen LogP) is 2.39. The van der Waals surface area contributed by atoms with E-state index in [0.29, 0.717) is 43.7 Å². The molecule has 3 aromatic heterocycles. The second kappa shape index (κ2) is 8.04. The van der Waals surface area contributed by atoms with E-state index in [2.05, 4.69) is 25.0 Å². The van der Waals surface area contributed by atoms with Crippen molar-refractivity contribution >= 4 is 17.0 Å². The zero-order valence-corrected chi connectivity index (χ0v) is 17.7. The van der Waals surface area contributed by atoms with Crippen molar-refractivity contribution in [2.75, 3.05) is 26.2 Å². The normalized spacial score (nSPS) is 15.9. The lowest BCUT2D eigenvalue weighted by atomic mass is 10.1. The van der Waals surface area contributed by atoms with Crippen molar-refractivity contribution in [3.05, 3.63) is 64.2 Å². The highest BCUT2D eigenvalue weighted by Gasteiger charge is 2.31. The first-order chi connectivity index (χ1) is 15.5. The van der Waals surface area contributed by atoms with E-state index >= 15 is 0 Å². The first-order valence-corrected chi connectivity index (χ1v) is 10.4. The van der Waals surface area contributed by atoms with Gasteiger partial charge in [0.2, 0.25) is 17.4 Å². The fourth-order valence-corrected chi connectivity index (χ4v) is 4.05. The Balaban J connectivity index is 1.29. The molecular weight excluding hydrogens is 412 g/mol. The summed E-state index contributed by atoms with van der Waals surface area (Å²) in [6.07, 6.45) is 1.27. The lowest BCUT2D eigenvalue weighted by molar-refractivity contribution is 0.0551. The smallest absolute Gasteiger partial charge is 0.262 e. The maximum absolute atomic E-state index is 13.2. The minimum Gasteiger partial charge on any atom is -0.442 e. The van der Waals surface area contributed by atoms with Crippen molar-refractivity contribution in [3.63, 3.8) is 0 Å². The van der Waals surface area contributed by atoms with Gasteiger partial charge in [0.05, 0.1) is 17.9 Å². The monoisotopic (exact) mass is 434 g/mol. The van der Waals surface area contributed by atoms with E-state index in [0.717, 1.165) is 5.56 Å². The average molecular weight is 434 g/mol. The van der Waals surface area contributed by atoms with E-state index in [4.69, 9.17) is 8.94 Å². The molecule has 1 saturated heterocycles. The number of carbonyl (C=O) groups excluding carboxylic acids is 1. The van der Waals surface area contributed by atoms with E-state index < -0.39 is 0 Å². The number of aryl methyl sites for hydroxylation is 1. The Morgan fingerprint density at radius 1 is 1.16 bits per heavy atom. The Morgan fingerprint density at radius 2 is 1.91 bits per heavy atom. The van der Waals surface area contributed by atoms with Crippen molar-refractivity contribution < 1.29 is 13.7 Å². The van der Waals surface area contributed by atoms with Crippen LogP contribution in [0, 0.1) is 6.92 Å². The minimum atomic E-state index is -0.381. The number of H-pyrrole nitrogens is 1. The number of fused-ring (bicyclic) bond motifs is 1. The Labute approximate surface area is 182 Å². The maximum Gasteiger partial charge on any atom is 0.262 e. The van der Waals surface area contributed by atoms with Gasteiger partial charge in [-0.3, -0.25) is 14.5 Å². The van der Waals surface area contributed by atoms with Gasteiger partial charge in [0.1, 0.15) is 11.1 Å². The number of rotatable bonds is 4. The van der Waals surface area contributed by atoms with Gasteiger partial charge in [-0.25, -0.2) is 4.98 Å². The van der Waals surface area contributed by atoms with Gasteiger partial charge in [-0.15, -0.1) is 0 Å². The Hall–Kier alpha value is -3.79. The van der Waals surface area contributed by atoms with Gasteiger partial charge in [-0.1, -0.05) is 35.5 Å². The quantitative estimate of drug-likeness (QED) is 0.520. The average Bonchev–Trinajstić information content (AvgIpc) is 3.44. The maximum atomic E-state index is 13.2. The second-order valence-corrected chi connectivity index (χ2v) is 7.77. The second-order valence-electron chi connectivity index (χ2n) is 7.77. The van der Waals surface area contributed by atoms with Crippen LogP contribution >= 0.6 is 0 Å². The molecule has 1 aliphatic rings. The van der Waals surface area contributed by atoms with Crippen LogP contribution in [0.2, 0.25) is 0 Å². The molecule has 1 N–H and O–H groups in total. The van der Waals surface area contributed by atoms with Crippen molar-refractivity contribution in [2.24, 2.45) is 0 Å². The Kier molecular flexibility index (Phi) is 5.06. The summed E-state index contributed by atoms with van der Waals surface area (Å²) in [5.74, 6) is 1.26. The molecule has 1 amide bonds. The lowest BCUT2D eigenvalue weighted by Gasteiger charge is -2.36. The van der Waals surface area contributed by atoms with E-state index in [1.54, 1.807) is 11.8 Å². The van der Waals surface area contributed by atoms with E-state index in [9.17, 15) is 9.59 Å². The van der Waals surface area contributed by atoms with Crippen molar-refractivity contribution in [3.8, 4) is 11.4 Å². The van der Waals surface area contributed by atoms with Crippen LogP contribution < -0.4 is 5.56 Å². The van der Waals surface area contributed by atoms with Crippen LogP contribution in [0.5, 0.6) is 0 Å². The number of hydrogen-bond acceptors (Lipinski definition) is 8. The summed E-state index contributed by atoms with van der Waals surface area (Å²) in [4.78, 5) is 40.4. The molecule has 0 saturated carbocycles. The molecule has 4 heterocycles. The number of aromatic nitrogens is 4. The molecule has 32 heavy (non-hydrogen) atoms. The molecule has 1 atom stereocenters. The van der Waals surface area contributed by atoms with Crippen LogP contribution in [0.25, 0.3) is 22.5 Å². The highest BCUT2D eigenvalue weighted by atomic mass is 16.5. The van der Waals surface area contributed by atoms with Crippen LogP contribution in [0.3, 0.4) is 0 Å². The molecule has 0 aliphatic carbocycles. The molecule has 164 valence electrons. The van der Waals surface area contributed by atoms with Gasteiger partial charge >= 0.3 is 0 Å². The molecule has 1 aromatic carbocycles. The summed E-state index contributed by atoms with van der Waals surface area (Å²) < 4.78 is 11.0. The highest BCUT2D eigenvalue weighted by molar-refractivity contribution is 6.06. The molecule has 1 fully saturated rings. The molecule has 0 bridgehead atoms. The number of benzene rings is 1. The number of aromatic amines is 1. The summed E-state index contributed by atoms with van der Waals surface area (Å²) in [6.45, 7) is 5.98. The van der Waals surface area contributed by atoms with E-state index in [1.165, 1.54) is 6.33 Å². The number of nitrogens with zero attached hydrogens (tertiary/aromatic N) is 5. The zero-order chi connectivity index (χ0) is 22.2. The highest BCUT2D eigenvalue weighted by Crippen LogP contribution is 2.26. The van der Waals surface area contributed by atoms with Crippen LogP contribution in [0.4, 0.5) is 0 Å². The summed E-state index contributed by atoms with van der Waals surface area (Å²) in [6, 6.07) is 9.59. The third kappa shape index (κ3) is 3.48. The number of piperazine rings is 1. The summed E-state index contributed by atoms with van der Waals surface area (Å²) >= 11 is 0. The van der Waals surface area contributed by atoms with E-state index in [-0.39, 0.29) is 34.2 Å². The number of carbonyl (C=O) groups is 1. The fourth-order valence-electron chi connectivity index (χ4n) is 4.05. The van der Waals surface area contributed by atoms with Gasteiger partial charge in [0.25, 0.3) is 11.5 Å². The van der Waals surface area contributed by atoms with Crippen molar-refractivity contribution in [1.82, 2.24) is 29.9 Å². The summed E-state index contributed by atoms with van der Waals surface area (Å²) in [7, 11) is 0. The van der Waals surface area contributed by atoms with Crippen molar-refractivity contribution in [1.29, 1.82) is 0 Å². The number of amides is 1. The van der Waals surface area contributed by atoms with Crippen LogP contribution in [-0.2, 0) is 0 Å². The molecule has 10 heteroatoms. The van der Waals surface area contributed by atoms with Crippen LogP contribution in [0.15, 0.2) is 50.4 Å². The first-order valence-electron chi connectivity index (χ1n) is 10.4. The standard InChI is InChI=1S/C22H22N6O4/c1-13(20-25-18(26-32-20)15-6-4-3-5-7-15)27-8-10-28(11-9-27)22(30)16-14(2)31-21-17(16)19(29)23-12-24-21/h3-7,12-13H,8-11H2,1-2H3,(H,23,24,29). The zero-order valence-electron chi connectivity index (χ0n) is 17.7. The summed E-state index contributed by atoms with van der Waals surface area (Å²) in [5, 5.41) is 4.30. The number of hydrogen-bond donors (Lipinski definition) is 1. The van der Waals surface area contributed by atoms with E-state index in [1.807, 2.05) is 37.3 Å². The third-order valence-corrected chi connectivity index (χ3v) is 5.86. The topological polar surface area (TPSA) is 121 Å². The van der Waals surface area contributed by atoms with Gasteiger partial charge in [0, 0.05) is 31.7 Å². The molecule has 0 spiro atoms. The molecule has 5 rings (SSSR count). The molecule has 1 aliphatic heterocycles. The number of furan rings is 1. The van der Waals surface area contributed by atoms with Gasteiger partial charge < -0.3 is 18.8 Å². The number of nitrogens with one attached hydrogen (secondary N) is 1. The van der Waals surface area contributed by atoms with Crippen LogP contribution in [-0.4, -0.2) is 62.0 Å². The SMILES string of the molecule is Cc1oc2nc[nH]c(=O)c2c1C(=O)N1CCN(C(C)c2nc(-c3ccccc3)no2)CC1. The van der Waals surface area contributed by atoms with Gasteiger partial charge in [-0.2, -0.15) is 4.98 Å². The molecule has 1 unspecified atom stereocenters. The van der Waals surface area contributed by atoms with Gasteiger partial charge in [0.15, 0.2) is 0 Å². The van der Waals surface area contributed by atoms with Gasteiger partial charge in [-0.05, 0) is 13.8 Å². The largest absolute Gasteiger partial charge is 0.442 e. The van der Waals surface area contributed by atoms with Crippen LogP contribution in [0.1, 0.15) is 35.0 Å². The van der Waals surface area contributed by atoms with Crippen molar-refractivity contribution in [2.45, 2.75) is 19.9 Å².